The number of ether oxygens (including phenoxy) is 1. The predicted molar refractivity (Wildman–Crippen MR) is 105 cm³/mol. The molecule has 5 nitrogen and oxygen atoms in total. The third-order valence-electron chi connectivity index (χ3n) is 4.39. The van der Waals surface area contributed by atoms with Crippen molar-refractivity contribution in [1.29, 1.82) is 0 Å². The van der Waals surface area contributed by atoms with E-state index in [9.17, 15) is 4.79 Å². The van der Waals surface area contributed by atoms with Gasteiger partial charge in [0.05, 0.1) is 12.7 Å². The molecule has 2 N–H and O–H groups in total. The fraction of sp³-hybridized carbons (Fsp3) is 0.350. The molecular formula is C20H24ClN3O2. The SMILES string of the molecule is Cc1ccc(NC(=O)NCC2CN(Cc3ccccc3)CCO2)cc1Cl. The molecule has 0 aliphatic carbocycles. The van der Waals surface area contributed by atoms with E-state index in [-0.39, 0.29) is 12.1 Å². The first-order valence-corrected chi connectivity index (χ1v) is 9.17. The Bertz CT molecular complexity index is 739. The van der Waals surface area contributed by atoms with Crippen molar-refractivity contribution in [2.45, 2.75) is 19.6 Å². The second kappa shape index (κ2) is 9.03. The number of hydrogen-bond donors (Lipinski definition) is 2. The minimum atomic E-state index is -0.256. The largest absolute Gasteiger partial charge is 0.374 e. The zero-order valence-electron chi connectivity index (χ0n) is 14.9. The van der Waals surface area contributed by atoms with Crippen molar-refractivity contribution in [3.8, 4) is 0 Å². The number of rotatable bonds is 5. The summed E-state index contributed by atoms with van der Waals surface area (Å²) in [7, 11) is 0. The molecule has 0 radical (unpaired) electrons. The molecule has 0 bridgehead atoms. The van der Waals surface area contributed by atoms with Crippen LogP contribution in [0.4, 0.5) is 10.5 Å². The summed E-state index contributed by atoms with van der Waals surface area (Å²) in [6.45, 7) is 5.67. The molecule has 1 unspecified atom stereocenters. The molecule has 0 saturated carbocycles. The molecule has 1 fully saturated rings. The molecule has 0 spiro atoms. The maximum atomic E-state index is 12.1. The topological polar surface area (TPSA) is 53.6 Å². The Kier molecular flexibility index (Phi) is 6.50. The maximum Gasteiger partial charge on any atom is 0.319 e. The van der Waals surface area contributed by atoms with Crippen LogP contribution >= 0.6 is 11.6 Å². The van der Waals surface area contributed by atoms with Gasteiger partial charge in [-0.3, -0.25) is 4.90 Å². The summed E-state index contributed by atoms with van der Waals surface area (Å²) < 4.78 is 5.78. The molecule has 2 aromatic carbocycles. The van der Waals surface area contributed by atoms with Gasteiger partial charge in [-0.2, -0.15) is 0 Å². The summed E-state index contributed by atoms with van der Waals surface area (Å²) in [5.74, 6) is 0. The van der Waals surface area contributed by atoms with E-state index in [1.165, 1.54) is 5.56 Å². The van der Waals surface area contributed by atoms with E-state index >= 15 is 0 Å². The molecule has 26 heavy (non-hydrogen) atoms. The van der Waals surface area contributed by atoms with Crippen LogP contribution in [0.2, 0.25) is 5.02 Å². The van der Waals surface area contributed by atoms with Gasteiger partial charge in [-0.1, -0.05) is 48.0 Å². The van der Waals surface area contributed by atoms with Gasteiger partial charge in [-0.25, -0.2) is 4.79 Å². The Labute approximate surface area is 159 Å². The van der Waals surface area contributed by atoms with Gasteiger partial charge in [0, 0.05) is 36.9 Å². The number of amides is 2. The monoisotopic (exact) mass is 373 g/mol. The lowest BCUT2D eigenvalue weighted by molar-refractivity contribution is -0.0285. The molecule has 2 amide bonds. The quantitative estimate of drug-likeness (QED) is 0.840. The zero-order valence-corrected chi connectivity index (χ0v) is 15.6. The molecule has 1 atom stereocenters. The first-order valence-electron chi connectivity index (χ1n) is 8.79. The fourth-order valence-electron chi connectivity index (χ4n) is 2.94. The maximum absolute atomic E-state index is 12.1. The van der Waals surface area contributed by atoms with Crippen LogP contribution in [0.15, 0.2) is 48.5 Å². The fourth-order valence-corrected chi connectivity index (χ4v) is 3.12. The summed E-state index contributed by atoms with van der Waals surface area (Å²) in [5.41, 5.74) is 2.94. The number of nitrogens with zero attached hydrogens (tertiary/aromatic N) is 1. The number of nitrogens with one attached hydrogen (secondary N) is 2. The third kappa shape index (κ3) is 5.46. The van der Waals surface area contributed by atoms with E-state index in [1.807, 2.05) is 25.1 Å². The normalized spacial score (nSPS) is 17.7. The Hall–Kier alpha value is -2.08. The van der Waals surface area contributed by atoms with E-state index in [1.54, 1.807) is 6.07 Å². The van der Waals surface area contributed by atoms with E-state index < -0.39 is 0 Å². The van der Waals surface area contributed by atoms with Crippen LogP contribution in [-0.2, 0) is 11.3 Å². The van der Waals surface area contributed by atoms with Crippen molar-refractivity contribution >= 4 is 23.3 Å². The van der Waals surface area contributed by atoms with E-state index in [0.717, 1.165) is 25.2 Å². The van der Waals surface area contributed by atoms with Gasteiger partial charge in [0.15, 0.2) is 0 Å². The number of morpholine rings is 1. The zero-order chi connectivity index (χ0) is 18.4. The van der Waals surface area contributed by atoms with Gasteiger partial charge in [0.1, 0.15) is 0 Å². The molecule has 0 aromatic heterocycles. The van der Waals surface area contributed by atoms with Gasteiger partial charge < -0.3 is 15.4 Å². The van der Waals surface area contributed by atoms with E-state index in [4.69, 9.17) is 16.3 Å². The van der Waals surface area contributed by atoms with E-state index in [0.29, 0.717) is 23.9 Å². The van der Waals surface area contributed by atoms with Crippen LogP contribution < -0.4 is 10.6 Å². The summed E-state index contributed by atoms with van der Waals surface area (Å²) in [6, 6.07) is 15.6. The number of hydrogen-bond acceptors (Lipinski definition) is 3. The molecule has 1 heterocycles. The molecule has 1 aliphatic rings. The van der Waals surface area contributed by atoms with Crippen LogP contribution in [0.25, 0.3) is 0 Å². The second-order valence-corrected chi connectivity index (χ2v) is 6.92. The highest BCUT2D eigenvalue weighted by atomic mass is 35.5. The van der Waals surface area contributed by atoms with Crippen LogP contribution in [-0.4, -0.2) is 43.3 Å². The van der Waals surface area contributed by atoms with Crippen molar-refractivity contribution in [3.05, 3.63) is 64.7 Å². The first-order chi connectivity index (χ1) is 12.6. The lowest BCUT2D eigenvalue weighted by Gasteiger charge is -2.33. The molecule has 3 rings (SSSR count). The number of halogens is 1. The Morgan fingerprint density at radius 2 is 2.08 bits per heavy atom. The number of carbonyl (C=O) groups excluding carboxylic acids is 1. The van der Waals surface area contributed by atoms with Crippen LogP contribution in [0, 0.1) is 6.92 Å². The predicted octanol–water partition coefficient (Wildman–Crippen LogP) is 3.67. The molecule has 1 saturated heterocycles. The number of aryl methyl sites for hydroxylation is 1. The third-order valence-corrected chi connectivity index (χ3v) is 4.80. The molecule has 1 aliphatic heterocycles. The Morgan fingerprint density at radius 1 is 1.27 bits per heavy atom. The van der Waals surface area contributed by atoms with Crippen molar-refractivity contribution in [2.75, 3.05) is 31.6 Å². The summed E-state index contributed by atoms with van der Waals surface area (Å²) >= 11 is 6.08. The lowest BCUT2D eigenvalue weighted by atomic mass is 10.2. The summed E-state index contributed by atoms with van der Waals surface area (Å²) in [5, 5.41) is 6.31. The highest BCUT2D eigenvalue weighted by Crippen LogP contribution is 2.19. The minimum Gasteiger partial charge on any atom is -0.374 e. The van der Waals surface area contributed by atoms with Crippen molar-refractivity contribution < 1.29 is 9.53 Å². The van der Waals surface area contributed by atoms with Crippen molar-refractivity contribution in [1.82, 2.24) is 10.2 Å². The number of benzene rings is 2. The average molecular weight is 374 g/mol. The molecule has 6 heteroatoms. The molecule has 2 aromatic rings. The number of carbonyl (C=O) groups is 1. The highest BCUT2D eigenvalue weighted by molar-refractivity contribution is 6.31. The van der Waals surface area contributed by atoms with E-state index in [2.05, 4.69) is 39.8 Å². The highest BCUT2D eigenvalue weighted by Gasteiger charge is 2.21. The Morgan fingerprint density at radius 3 is 2.85 bits per heavy atom. The number of urea groups is 1. The smallest absolute Gasteiger partial charge is 0.319 e. The Balaban J connectivity index is 1.44. The van der Waals surface area contributed by atoms with Crippen LogP contribution in [0.1, 0.15) is 11.1 Å². The lowest BCUT2D eigenvalue weighted by Crippen LogP contribution is -2.47. The molecular weight excluding hydrogens is 350 g/mol. The van der Waals surface area contributed by atoms with Crippen molar-refractivity contribution in [3.63, 3.8) is 0 Å². The van der Waals surface area contributed by atoms with Gasteiger partial charge in [-0.05, 0) is 30.2 Å². The van der Waals surface area contributed by atoms with Crippen LogP contribution in [0.5, 0.6) is 0 Å². The second-order valence-electron chi connectivity index (χ2n) is 6.51. The molecule has 138 valence electrons. The summed E-state index contributed by atoms with van der Waals surface area (Å²) in [6.07, 6.45) is -0.0141. The van der Waals surface area contributed by atoms with Gasteiger partial charge in [0.2, 0.25) is 0 Å². The van der Waals surface area contributed by atoms with Gasteiger partial charge >= 0.3 is 6.03 Å². The van der Waals surface area contributed by atoms with Crippen LogP contribution in [0.3, 0.4) is 0 Å². The standard InChI is InChI=1S/C20H24ClN3O2/c1-15-7-8-17(11-19(15)21)23-20(25)22-12-18-14-24(9-10-26-18)13-16-5-3-2-4-6-16/h2-8,11,18H,9-10,12-14H2,1H3,(H2,22,23,25). The van der Waals surface area contributed by atoms with Crippen molar-refractivity contribution in [2.24, 2.45) is 0 Å². The summed E-state index contributed by atoms with van der Waals surface area (Å²) in [4.78, 5) is 14.4. The van der Waals surface area contributed by atoms with Gasteiger partial charge in [-0.15, -0.1) is 0 Å². The van der Waals surface area contributed by atoms with Gasteiger partial charge in [0.25, 0.3) is 0 Å². The number of anilines is 1. The first kappa shape index (κ1) is 18.7. The average Bonchev–Trinajstić information content (AvgIpc) is 2.64. The minimum absolute atomic E-state index is 0.0141.